The summed E-state index contributed by atoms with van der Waals surface area (Å²) >= 11 is 29.7. The summed E-state index contributed by atoms with van der Waals surface area (Å²) in [6.07, 6.45) is 0. The van der Waals surface area contributed by atoms with E-state index >= 15 is 0 Å². The molecule has 0 aliphatic carbocycles. The van der Waals surface area contributed by atoms with Crippen molar-refractivity contribution in [3.63, 3.8) is 0 Å². The molecule has 1 N–H and O–H groups in total. The molecular formula is C13H6Cl4N2S. The molecule has 0 radical (unpaired) electrons. The Balaban J connectivity index is 2.42. The summed E-state index contributed by atoms with van der Waals surface area (Å²) in [6.45, 7) is 0. The number of nitrogens with one attached hydrogen (secondary N) is 1. The predicted octanol–water partition coefficient (Wildman–Crippen LogP) is 6.30. The van der Waals surface area contributed by atoms with Gasteiger partial charge in [0.25, 0.3) is 0 Å². The van der Waals surface area contributed by atoms with E-state index in [1.807, 2.05) is 12.1 Å². The van der Waals surface area contributed by atoms with E-state index in [1.165, 1.54) is 0 Å². The quantitative estimate of drug-likeness (QED) is 0.503. The lowest BCUT2D eigenvalue weighted by Crippen LogP contribution is -1.95. The van der Waals surface area contributed by atoms with Crippen molar-refractivity contribution in [1.29, 1.82) is 0 Å². The van der Waals surface area contributed by atoms with Gasteiger partial charge in [-0.1, -0.05) is 52.5 Å². The van der Waals surface area contributed by atoms with E-state index in [0.717, 1.165) is 11.0 Å². The first-order valence-corrected chi connectivity index (χ1v) is 7.45. The zero-order valence-corrected chi connectivity index (χ0v) is 13.6. The van der Waals surface area contributed by atoms with Crippen LogP contribution in [0.1, 0.15) is 0 Å². The van der Waals surface area contributed by atoms with E-state index in [4.69, 9.17) is 58.6 Å². The molecule has 7 heteroatoms. The van der Waals surface area contributed by atoms with Crippen molar-refractivity contribution in [3.05, 3.63) is 55.2 Å². The van der Waals surface area contributed by atoms with Gasteiger partial charge in [-0.15, -0.1) is 0 Å². The minimum atomic E-state index is 0.428. The molecule has 0 amide bonds. The maximum absolute atomic E-state index is 6.26. The lowest BCUT2D eigenvalue weighted by Gasteiger charge is -2.08. The third kappa shape index (κ3) is 2.24. The molecule has 0 atom stereocenters. The molecule has 0 saturated heterocycles. The molecule has 1 aromatic heterocycles. The van der Waals surface area contributed by atoms with Crippen molar-refractivity contribution >= 4 is 69.7 Å². The van der Waals surface area contributed by atoms with Crippen LogP contribution in [0.4, 0.5) is 0 Å². The van der Waals surface area contributed by atoms with E-state index < -0.39 is 0 Å². The highest BCUT2D eigenvalue weighted by atomic mass is 35.5. The number of H-pyrrole nitrogens is 1. The monoisotopic (exact) mass is 362 g/mol. The van der Waals surface area contributed by atoms with Gasteiger partial charge in [-0.05, 0) is 36.5 Å². The van der Waals surface area contributed by atoms with Crippen molar-refractivity contribution < 1.29 is 0 Å². The van der Waals surface area contributed by atoms with Crippen molar-refractivity contribution in [1.82, 2.24) is 9.55 Å². The Bertz CT molecular complexity index is 882. The molecule has 0 bridgehead atoms. The summed E-state index contributed by atoms with van der Waals surface area (Å²) in [5.74, 6) is 0. The maximum atomic E-state index is 6.26. The van der Waals surface area contributed by atoms with Gasteiger partial charge in [-0.2, -0.15) is 0 Å². The van der Waals surface area contributed by atoms with Crippen molar-refractivity contribution in [3.8, 4) is 5.69 Å². The van der Waals surface area contributed by atoms with Crippen LogP contribution in [0, 0.1) is 4.77 Å². The lowest BCUT2D eigenvalue weighted by atomic mass is 10.2. The highest BCUT2D eigenvalue weighted by molar-refractivity contribution is 7.71. The molecule has 20 heavy (non-hydrogen) atoms. The largest absolute Gasteiger partial charge is 0.330 e. The average Bonchev–Trinajstić information content (AvgIpc) is 2.69. The van der Waals surface area contributed by atoms with E-state index in [9.17, 15) is 0 Å². The molecule has 0 saturated carbocycles. The Kier molecular flexibility index (Phi) is 3.73. The van der Waals surface area contributed by atoms with Crippen LogP contribution >= 0.6 is 58.6 Å². The molecule has 2 aromatic carbocycles. The van der Waals surface area contributed by atoms with Gasteiger partial charge in [0.05, 0.1) is 36.8 Å². The van der Waals surface area contributed by atoms with Crippen LogP contribution in [0.5, 0.6) is 0 Å². The van der Waals surface area contributed by atoms with Crippen LogP contribution in [0.2, 0.25) is 20.1 Å². The Labute approximate surface area is 139 Å². The number of fused-ring (bicyclic) bond motifs is 1. The fourth-order valence-electron chi connectivity index (χ4n) is 2.01. The predicted molar refractivity (Wildman–Crippen MR) is 88.5 cm³/mol. The second kappa shape index (κ2) is 5.24. The summed E-state index contributed by atoms with van der Waals surface area (Å²) in [5, 5.41) is 1.79. The molecule has 0 fully saturated rings. The number of imidazole rings is 1. The number of rotatable bonds is 1. The summed E-state index contributed by atoms with van der Waals surface area (Å²) in [7, 11) is 0. The maximum Gasteiger partial charge on any atom is 0.182 e. The number of hydrogen-bond acceptors (Lipinski definition) is 1. The minimum Gasteiger partial charge on any atom is -0.330 e. The van der Waals surface area contributed by atoms with Gasteiger partial charge in [-0.3, -0.25) is 4.57 Å². The fourth-order valence-corrected chi connectivity index (χ4v) is 3.01. The Morgan fingerprint density at radius 2 is 1.65 bits per heavy atom. The summed E-state index contributed by atoms with van der Waals surface area (Å²) in [5.41, 5.74) is 2.25. The van der Waals surface area contributed by atoms with Crippen molar-refractivity contribution in [2.45, 2.75) is 0 Å². The van der Waals surface area contributed by atoms with Gasteiger partial charge >= 0.3 is 0 Å². The van der Waals surface area contributed by atoms with Crippen LogP contribution in [-0.4, -0.2) is 9.55 Å². The smallest absolute Gasteiger partial charge is 0.182 e. The Morgan fingerprint density at radius 3 is 2.40 bits per heavy atom. The normalized spacial score (nSPS) is 11.2. The number of aromatic nitrogens is 2. The molecule has 1 heterocycles. The second-order valence-corrected chi connectivity index (χ2v) is 6.11. The topological polar surface area (TPSA) is 20.7 Å². The van der Waals surface area contributed by atoms with Crippen LogP contribution in [-0.2, 0) is 0 Å². The standard InChI is InChI=1S/C13H6Cl4N2S/c14-6-2-1-3-10(12(6)17)19-11-5-8(16)7(15)4-9(11)18-13(19)20/h1-5H,(H,18,20). The molecular weight excluding hydrogens is 358 g/mol. The summed E-state index contributed by atoms with van der Waals surface area (Å²) < 4.78 is 2.27. The van der Waals surface area contributed by atoms with Gasteiger partial charge in [-0.25, -0.2) is 0 Å². The molecule has 3 aromatic rings. The molecule has 2 nitrogen and oxygen atoms in total. The van der Waals surface area contributed by atoms with Crippen LogP contribution < -0.4 is 0 Å². The Hall–Kier alpha value is -0.710. The average molecular weight is 364 g/mol. The SMILES string of the molecule is S=c1[nH]c2cc(Cl)c(Cl)cc2n1-c1cccc(Cl)c1Cl. The highest BCUT2D eigenvalue weighted by Crippen LogP contribution is 2.33. The van der Waals surface area contributed by atoms with Crippen molar-refractivity contribution in [2.75, 3.05) is 0 Å². The molecule has 0 aliphatic heterocycles. The number of nitrogens with zero attached hydrogens (tertiary/aromatic N) is 1. The molecule has 0 unspecified atom stereocenters. The van der Waals surface area contributed by atoms with Gasteiger partial charge in [0.15, 0.2) is 4.77 Å². The van der Waals surface area contributed by atoms with E-state index in [1.54, 1.807) is 22.8 Å². The molecule has 102 valence electrons. The first-order valence-electron chi connectivity index (χ1n) is 5.53. The number of aromatic amines is 1. The van der Waals surface area contributed by atoms with Gasteiger partial charge in [0, 0.05) is 0 Å². The zero-order chi connectivity index (χ0) is 14.4. The third-order valence-electron chi connectivity index (χ3n) is 2.90. The van der Waals surface area contributed by atoms with Crippen LogP contribution in [0.15, 0.2) is 30.3 Å². The minimum absolute atomic E-state index is 0.428. The van der Waals surface area contributed by atoms with E-state index in [0.29, 0.717) is 30.5 Å². The fraction of sp³-hybridized carbons (Fsp3) is 0. The van der Waals surface area contributed by atoms with Gasteiger partial charge in [0.1, 0.15) is 0 Å². The second-order valence-electron chi connectivity index (χ2n) is 4.12. The van der Waals surface area contributed by atoms with E-state index in [2.05, 4.69) is 4.98 Å². The first-order chi connectivity index (χ1) is 9.49. The highest BCUT2D eigenvalue weighted by Gasteiger charge is 2.13. The molecule has 3 rings (SSSR count). The third-order valence-corrected chi connectivity index (χ3v) is 4.71. The van der Waals surface area contributed by atoms with Gasteiger partial charge < -0.3 is 4.98 Å². The van der Waals surface area contributed by atoms with Crippen LogP contribution in [0.3, 0.4) is 0 Å². The lowest BCUT2D eigenvalue weighted by molar-refractivity contribution is 1.07. The van der Waals surface area contributed by atoms with Crippen molar-refractivity contribution in [2.24, 2.45) is 0 Å². The summed E-state index contributed by atoms with van der Waals surface area (Å²) in [4.78, 5) is 3.07. The van der Waals surface area contributed by atoms with E-state index in [-0.39, 0.29) is 0 Å². The molecule has 0 aliphatic rings. The number of halogens is 4. The summed E-state index contributed by atoms with van der Waals surface area (Å²) in [6, 6.07) is 8.82. The number of hydrogen-bond donors (Lipinski definition) is 1. The van der Waals surface area contributed by atoms with Gasteiger partial charge in [0.2, 0.25) is 0 Å². The Morgan fingerprint density at radius 1 is 0.950 bits per heavy atom. The first kappa shape index (κ1) is 14.2. The number of benzene rings is 2. The van der Waals surface area contributed by atoms with Crippen LogP contribution in [0.25, 0.3) is 16.7 Å². The zero-order valence-electron chi connectivity index (χ0n) is 9.75. The molecule has 0 spiro atoms.